The van der Waals surface area contributed by atoms with Crippen molar-refractivity contribution in [3.05, 3.63) is 52.0 Å². The molecule has 2 N–H and O–H groups in total. The maximum absolute atomic E-state index is 12.6. The van der Waals surface area contributed by atoms with Gasteiger partial charge in [-0.05, 0) is 79.2 Å². The summed E-state index contributed by atoms with van der Waals surface area (Å²) >= 11 is 9.59. The van der Waals surface area contributed by atoms with Gasteiger partial charge in [0.1, 0.15) is 4.90 Å². The molecule has 1 aliphatic rings. The Bertz CT molecular complexity index is 884. The number of nitrogens with one attached hydrogen (secondary N) is 2. The van der Waals surface area contributed by atoms with Gasteiger partial charge in [0.15, 0.2) is 0 Å². The average Bonchev–Trinajstić information content (AvgIpc) is 2.60. The monoisotopic (exact) mass is 457 g/mol. The van der Waals surface area contributed by atoms with Gasteiger partial charge >= 0.3 is 0 Å². The van der Waals surface area contributed by atoms with Crippen molar-refractivity contribution in [2.75, 3.05) is 30.2 Å². The molecule has 0 aromatic heterocycles. The first-order valence-corrected chi connectivity index (χ1v) is 11.0. The number of sulfonamides is 1. The fourth-order valence-electron chi connectivity index (χ4n) is 2.95. The molecule has 0 atom stereocenters. The van der Waals surface area contributed by atoms with E-state index in [1.807, 2.05) is 0 Å². The third-order valence-electron chi connectivity index (χ3n) is 4.42. The molecule has 1 fully saturated rings. The summed E-state index contributed by atoms with van der Waals surface area (Å²) < 4.78 is 28.4. The highest BCUT2D eigenvalue weighted by atomic mass is 79.9. The second-order valence-corrected chi connectivity index (χ2v) is 9.36. The summed E-state index contributed by atoms with van der Waals surface area (Å²) in [6.07, 6.45) is 2.06. The molecule has 0 bridgehead atoms. The predicted molar refractivity (Wildman–Crippen MR) is 111 cm³/mol. The first-order valence-electron chi connectivity index (χ1n) is 8.37. The zero-order valence-corrected chi connectivity index (χ0v) is 17.5. The number of likely N-dealkylation sites (tertiary alicyclic amines) is 1. The standard InChI is InChI=1S/C18H21BrClN3O2S/c1-23-10-8-13(9-11-23)21-17-12-14(6-7-16(17)20)22-26(24,25)18-5-3-2-4-15(18)19/h2-7,12-13,21-22H,8-11H2,1H3. The van der Waals surface area contributed by atoms with Gasteiger partial charge < -0.3 is 10.2 Å². The van der Waals surface area contributed by atoms with E-state index in [-0.39, 0.29) is 4.90 Å². The van der Waals surface area contributed by atoms with E-state index in [2.05, 4.69) is 37.9 Å². The maximum Gasteiger partial charge on any atom is 0.263 e. The summed E-state index contributed by atoms with van der Waals surface area (Å²) in [7, 11) is -1.58. The molecular weight excluding hydrogens is 438 g/mol. The van der Waals surface area contributed by atoms with Crippen LogP contribution in [0.3, 0.4) is 0 Å². The van der Waals surface area contributed by atoms with Gasteiger partial charge in [-0.2, -0.15) is 0 Å². The van der Waals surface area contributed by atoms with Gasteiger partial charge in [-0.25, -0.2) is 8.42 Å². The lowest BCUT2D eigenvalue weighted by molar-refractivity contribution is 0.264. The van der Waals surface area contributed by atoms with Crippen molar-refractivity contribution in [2.24, 2.45) is 0 Å². The van der Waals surface area contributed by atoms with Crippen molar-refractivity contribution in [3.8, 4) is 0 Å². The van der Waals surface area contributed by atoms with Gasteiger partial charge in [-0.1, -0.05) is 23.7 Å². The quantitative estimate of drug-likeness (QED) is 0.697. The molecule has 3 rings (SSSR count). The van der Waals surface area contributed by atoms with Crippen LogP contribution in [0.2, 0.25) is 5.02 Å². The smallest absolute Gasteiger partial charge is 0.263 e. The first kappa shape index (κ1) is 19.5. The van der Waals surface area contributed by atoms with Crippen LogP contribution in [-0.2, 0) is 10.0 Å². The van der Waals surface area contributed by atoms with E-state index in [1.165, 1.54) is 0 Å². The van der Waals surface area contributed by atoms with Crippen molar-refractivity contribution < 1.29 is 8.42 Å². The molecule has 26 heavy (non-hydrogen) atoms. The van der Waals surface area contributed by atoms with Gasteiger partial charge in [0.25, 0.3) is 10.0 Å². The van der Waals surface area contributed by atoms with Gasteiger partial charge in [0.2, 0.25) is 0 Å². The molecule has 2 aromatic rings. The van der Waals surface area contributed by atoms with Crippen LogP contribution in [0, 0.1) is 0 Å². The topological polar surface area (TPSA) is 61.4 Å². The Morgan fingerprint density at radius 3 is 2.54 bits per heavy atom. The number of anilines is 2. The Morgan fingerprint density at radius 2 is 1.85 bits per heavy atom. The lowest BCUT2D eigenvalue weighted by Crippen LogP contribution is -2.36. The van der Waals surface area contributed by atoms with Crippen LogP contribution in [0.1, 0.15) is 12.8 Å². The molecular formula is C18H21BrClN3O2S. The second-order valence-electron chi connectivity index (χ2n) is 6.45. The molecule has 0 saturated carbocycles. The molecule has 5 nitrogen and oxygen atoms in total. The Kier molecular flexibility index (Phi) is 6.12. The zero-order valence-electron chi connectivity index (χ0n) is 14.4. The fourth-order valence-corrected chi connectivity index (χ4v) is 5.17. The predicted octanol–water partition coefficient (Wildman–Crippen LogP) is 4.41. The minimum absolute atomic E-state index is 0.194. The second kappa shape index (κ2) is 8.17. The molecule has 140 valence electrons. The highest BCUT2D eigenvalue weighted by molar-refractivity contribution is 9.10. The number of hydrogen-bond acceptors (Lipinski definition) is 4. The Hall–Kier alpha value is -1.28. The van der Waals surface area contributed by atoms with Crippen LogP contribution in [0.25, 0.3) is 0 Å². The van der Waals surface area contributed by atoms with Crippen LogP contribution in [0.5, 0.6) is 0 Å². The Balaban J connectivity index is 1.78. The third kappa shape index (κ3) is 4.71. The number of nitrogens with zero attached hydrogens (tertiary/aromatic N) is 1. The summed E-state index contributed by atoms with van der Waals surface area (Å²) in [6.45, 7) is 2.06. The van der Waals surface area contributed by atoms with E-state index in [9.17, 15) is 8.42 Å². The molecule has 0 aliphatic carbocycles. The lowest BCUT2D eigenvalue weighted by atomic mass is 10.1. The van der Waals surface area contributed by atoms with Crippen LogP contribution in [0.15, 0.2) is 51.8 Å². The number of piperidine rings is 1. The number of hydrogen-bond donors (Lipinski definition) is 2. The van der Waals surface area contributed by atoms with Gasteiger partial charge in [-0.3, -0.25) is 4.72 Å². The molecule has 0 radical (unpaired) electrons. The van der Waals surface area contributed by atoms with E-state index in [0.717, 1.165) is 31.6 Å². The van der Waals surface area contributed by atoms with Crippen LogP contribution < -0.4 is 10.0 Å². The number of halogens is 2. The van der Waals surface area contributed by atoms with E-state index < -0.39 is 10.0 Å². The van der Waals surface area contributed by atoms with E-state index in [4.69, 9.17) is 11.6 Å². The summed E-state index contributed by atoms with van der Waals surface area (Å²) in [5.41, 5.74) is 1.22. The van der Waals surface area contributed by atoms with Crippen molar-refractivity contribution in [1.29, 1.82) is 0 Å². The molecule has 8 heteroatoms. The van der Waals surface area contributed by atoms with Gasteiger partial charge in [0.05, 0.1) is 16.4 Å². The highest BCUT2D eigenvalue weighted by Gasteiger charge is 2.20. The third-order valence-corrected chi connectivity index (χ3v) is 7.15. The zero-order chi connectivity index (χ0) is 18.7. The van der Waals surface area contributed by atoms with Crippen molar-refractivity contribution in [2.45, 2.75) is 23.8 Å². The minimum atomic E-state index is -3.69. The van der Waals surface area contributed by atoms with Crippen molar-refractivity contribution >= 4 is 48.9 Å². The number of benzene rings is 2. The molecule has 1 aliphatic heterocycles. The van der Waals surface area contributed by atoms with Gasteiger partial charge in [0, 0.05) is 10.5 Å². The largest absolute Gasteiger partial charge is 0.381 e. The molecule has 0 unspecified atom stereocenters. The SMILES string of the molecule is CN1CCC(Nc2cc(NS(=O)(=O)c3ccccc3Br)ccc2Cl)CC1. The maximum atomic E-state index is 12.6. The summed E-state index contributed by atoms with van der Waals surface area (Å²) in [4.78, 5) is 2.49. The molecule has 2 aromatic carbocycles. The minimum Gasteiger partial charge on any atom is -0.381 e. The van der Waals surface area contributed by atoms with Crippen molar-refractivity contribution in [1.82, 2.24) is 4.90 Å². The van der Waals surface area contributed by atoms with E-state index in [1.54, 1.807) is 42.5 Å². The van der Waals surface area contributed by atoms with Crippen LogP contribution >= 0.6 is 27.5 Å². The Labute approximate surface area is 167 Å². The molecule has 1 heterocycles. The van der Waals surface area contributed by atoms with E-state index in [0.29, 0.717) is 21.2 Å². The van der Waals surface area contributed by atoms with Crippen LogP contribution in [-0.4, -0.2) is 39.5 Å². The number of rotatable bonds is 5. The molecule has 0 spiro atoms. The fraction of sp³-hybridized carbons (Fsp3) is 0.333. The molecule has 1 saturated heterocycles. The summed E-state index contributed by atoms with van der Waals surface area (Å²) in [5, 5.41) is 4.02. The van der Waals surface area contributed by atoms with Crippen molar-refractivity contribution in [3.63, 3.8) is 0 Å². The first-order chi connectivity index (χ1) is 12.3. The lowest BCUT2D eigenvalue weighted by Gasteiger charge is -2.30. The molecule has 0 amide bonds. The van der Waals surface area contributed by atoms with E-state index >= 15 is 0 Å². The summed E-state index contributed by atoms with van der Waals surface area (Å²) in [5.74, 6) is 0. The van der Waals surface area contributed by atoms with Crippen LogP contribution in [0.4, 0.5) is 11.4 Å². The Morgan fingerprint density at radius 1 is 1.15 bits per heavy atom. The normalized spacial score (nSPS) is 16.4. The highest BCUT2D eigenvalue weighted by Crippen LogP contribution is 2.30. The average molecular weight is 459 g/mol. The van der Waals surface area contributed by atoms with Gasteiger partial charge in [-0.15, -0.1) is 0 Å². The summed E-state index contributed by atoms with van der Waals surface area (Å²) in [6, 6.07) is 12.2.